The Morgan fingerprint density at radius 3 is 2.29 bits per heavy atom. The molecule has 0 saturated carbocycles. The maximum atomic E-state index is 13.0. The van der Waals surface area contributed by atoms with Gasteiger partial charge in [0.05, 0.1) is 7.11 Å². The highest BCUT2D eigenvalue weighted by Gasteiger charge is 2.29. The van der Waals surface area contributed by atoms with Crippen LogP contribution in [0.5, 0.6) is 5.75 Å². The molecule has 1 heterocycles. The van der Waals surface area contributed by atoms with Crippen LogP contribution in [0.1, 0.15) is 38.7 Å². The number of para-hydroxylation sites is 1. The number of rotatable bonds is 7. The third-order valence-corrected chi connectivity index (χ3v) is 5.37. The van der Waals surface area contributed by atoms with E-state index in [0.29, 0.717) is 12.3 Å². The van der Waals surface area contributed by atoms with E-state index in [2.05, 4.69) is 47.9 Å². The number of carbonyl (C=O) groups is 1. The van der Waals surface area contributed by atoms with Crippen molar-refractivity contribution in [3.63, 3.8) is 0 Å². The molecule has 0 spiro atoms. The van der Waals surface area contributed by atoms with Crippen LogP contribution < -0.4 is 9.64 Å². The minimum absolute atomic E-state index is 0.245. The summed E-state index contributed by atoms with van der Waals surface area (Å²) >= 11 is 0. The SMILES string of the molecule is COc1ccc(CN2CCC(N(C(=O)CC(C)C)c3ccccc3)CC2)cc1. The molecule has 28 heavy (non-hydrogen) atoms. The van der Waals surface area contributed by atoms with Gasteiger partial charge in [-0.05, 0) is 48.6 Å². The Morgan fingerprint density at radius 2 is 1.71 bits per heavy atom. The Kier molecular flexibility index (Phi) is 7.10. The molecule has 0 aliphatic carbocycles. The molecule has 1 aliphatic heterocycles. The molecule has 0 N–H and O–H groups in total. The number of ether oxygens (including phenoxy) is 1. The fraction of sp³-hybridized carbons (Fsp3) is 0.458. The number of nitrogens with zero attached hydrogens (tertiary/aromatic N) is 2. The maximum absolute atomic E-state index is 13.0. The summed E-state index contributed by atoms with van der Waals surface area (Å²) < 4.78 is 5.24. The summed E-state index contributed by atoms with van der Waals surface area (Å²) in [4.78, 5) is 17.5. The number of piperidine rings is 1. The Hall–Kier alpha value is -2.33. The zero-order valence-corrected chi connectivity index (χ0v) is 17.3. The van der Waals surface area contributed by atoms with Crippen molar-refractivity contribution in [1.82, 2.24) is 4.90 Å². The van der Waals surface area contributed by atoms with E-state index >= 15 is 0 Å². The highest BCUT2D eigenvalue weighted by molar-refractivity contribution is 5.94. The van der Waals surface area contributed by atoms with Gasteiger partial charge in [-0.1, -0.05) is 44.2 Å². The third-order valence-electron chi connectivity index (χ3n) is 5.37. The van der Waals surface area contributed by atoms with Crippen molar-refractivity contribution in [1.29, 1.82) is 0 Å². The summed E-state index contributed by atoms with van der Waals surface area (Å²) in [5.74, 6) is 1.51. The van der Waals surface area contributed by atoms with Gasteiger partial charge in [0, 0.05) is 37.8 Å². The van der Waals surface area contributed by atoms with Crippen LogP contribution in [0.2, 0.25) is 0 Å². The Morgan fingerprint density at radius 1 is 1.07 bits per heavy atom. The molecule has 1 saturated heterocycles. The molecule has 0 aromatic heterocycles. The monoisotopic (exact) mass is 380 g/mol. The lowest BCUT2D eigenvalue weighted by atomic mass is 9.99. The molecule has 2 aromatic rings. The van der Waals surface area contributed by atoms with Crippen LogP contribution in [0.15, 0.2) is 54.6 Å². The summed E-state index contributed by atoms with van der Waals surface area (Å²) in [5.41, 5.74) is 2.33. The summed E-state index contributed by atoms with van der Waals surface area (Å²) in [6.45, 7) is 7.18. The molecule has 150 valence electrons. The van der Waals surface area contributed by atoms with E-state index in [1.807, 2.05) is 30.3 Å². The summed E-state index contributed by atoms with van der Waals surface area (Å²) in [6, 6.07) is 18.7. The number of carbonyl (C=O) groups excluding carboxylic acids is 1. The quantitative estimate of drug-likeness (QED) is 0.696. The first kappa shape index (κ1) is 20.4. The molecule has 2 aromatic carbocycles. The minimum Gasteiger partial charge on any atom is -0.497 e. The molecule has 1 aliphatic rings. The topological polar surface area (TPSA) is 32.8 Å². The standard InChI is InChI=1S/C24H32N2O2/c1-19(2)17-24(27)26(21-7-5-4-6-8-21)22-13-15-25(16-14-22)18-20-9-11-23(28-3)12-10-20/h4-12,19,22H,13-18H2,1-3H3. The van der Waals surface area contributed by atoms with E-state index in [9.17, 15) is 4.79 Å². The lowest BCUT2D eigenvalue weighted by Crippen LogP contribution is -2.47. The van der Waals surface area contributed by atoms with E-state index in [0.717, 1.165) is 43.9 Å². The molecular weight excluding hydrogens is 348 g/mol. The Labute approximate surface area is 169 Å². The maximum Gasteiger partial charge on any atom is 0.227 e. The largest absolute Gasteiger partial charge is 0.497 e. The van der Waals surface area contributed by atoms with Crippen molar-refractivity contribution in [3.8, 4) is 5.75 Å². The van der Waals surface area contributed by atoms with Crippen LogP contribution in [-0.2, 0) is 11.3 Å². The van der Waals surface area contributed by atoms with E-state index < -0.39 is 0 Å². The lowest BCUT2D eigenvalue weighted by molar-refractivity contribution is -0.120. The Balaban J connectivity index is 1.63. The average Bonchev–Trinajstić information content (AvgIpc) is 2.70. The van der Waals surface area contributed by atoms with Gasteiger partial charge in [-0.2, -0.15) is 0 Å². The number of anilines is 1. The fourth-order valence-corrected chi connectivity index (χ4v) is 3.92. The van der Waals surface area contributed by atoms with E-state index in [-0.39, 0.29) is 11.9 Å². The molecule has 1 amide bonds. The molecule has 0 bridgehead atoms. The van der Waals surface area contributed by atoms with Gasteiger partial charge in [-0.3, -0.25) is 9.69 Å². The van der Waals surface area contributed by atoms with Crippen LogP contribution in [0, 0.1) is 5.92 Å². The second-order valence-corrected chi connectivity index (χ2v) is 8.05. The normalized spacial score (nSPS) is 15.6. The zero-order valence-electron chi connectivity index (χ0n) is 17.3. The molecule has 4 heteroatoms. The number of hydrogen-bond donors (Lipinski definition) is 0. The predicted molar refractivity (Wildman–Crippen MR) is 115 cm³/mol. The number of benzene rings is 2. The molecular formula is C24H32N2O2. The van der Waals surface area contributed by atoms with Gasteiger partial charge in [0.15, 0.2) is 0 Å². The van der Waals surface area contributed by atoms with Crippen LogP contribution >= 0.6 is 0 Å². The lowest BCUT2D eigenvalue weighted by Gasteiger charge is -2.39. The van der Waals surface area contributed by atoms with Gasteiger partial charge in [0.2, 0.25) is 5.91 Å². The van der Waals surface area contributed by atoms with Crippen LogP contribution in [0.25, 0.3) is 0 Å². The van der Waals surface area contributed by atoms with E-state index in [1.54, 1.807) is 7.11 Å². The third kappa shape index (κ3) is 5.35. The summed E-state index contributed by atoms with van der Waals surface area (Å²) in [5, 5.41) is 0. The highest BCUT2D eigenvalue weighted by atomic mass is 16.5. The number of amides is 1. The smallest absolute Gasteiger partial charge is 0.227 e. The summed E-state index contributed by atoms with van der Waals surface area (Å²) in [7, 11) is 1.69. The van der Waals surface area contributed by atoms with Gasteiger partial charge in [-0.25, -0.2) is 0 Å². The van der Waals surface area contributed by atoms with Crippen LogP contribution in [0.4, 0.5) is 5.69 Å². The first-order valence-corrected chi connectivity index (χ1v) is 10.3. The van der Waals surface area contributed by atoms with E-state index in [4.69, 9.17) is 4.74 Å². The highest BCUT2D eigenvalue weighted by Crippen LogP contribution is 2.26. The van der Waals surface area contributed by atoms with Gasteiger partial charge in [0.25, 0.3) is 0 Å². The first-order valence-electron chi connectivity index (χ1n) is 10.3. The average molecular weight is 381 g/mol. The van der Waals surface area contributed by atoms with E-state index in [1.165, 1.54) is 5.56 Å². The van der Waals surface area contributed by atoms with Crippen molar-refractivity contribution in [3.05, 3.63) is 60.2 Å². The molecule has 4 nitrogen and oxygen atoms in total. The van der Waals surface area contributed by atoms with Gasteiger partial charge < -0.3 is 9.64 Å². The first-order chi connectivity index (χ1) is 13.6. The molecule has 1 fully saturated rings. The minimum atomic E-state index is 0.245. The second kappa shape index (κ2) is 9.74. The molecule has 0 radical (unpaired) electrons. The fourth-order valence-electron chi connectivity index (χ4n) is 3.92. The van der Waals surface area contributed by atoms with Gasteiger partial charge >= 0.3 is 0 Å². The number of methoxy groups -OCH3 is 1. The zero-order chi connectivity index (χ0) is 19.9. The van der Waals surface area contributed by atoms with Crippen molar-refractivity contribution in [2.75, 3.05) is 25.1 Å². The second-order valence-electron chi connectivity index (χ2n) is 8.05. The Bertz CT molecular complexity index is 735. The van der Waals surface area contributed by atoms with Crippen molar-refractivity contribution in [2.45, 2.75) is 45.7 Å². The number of hydrogen-bond acceptors (Lipinski definition) is 3. The van der Waals surface area contributed by atoms with Gasteiger partial charge in [0.1, 0.15) is 5.75 Å². The summed E-state index contributed by atoms with van der Waals surface area (Å²) in [6.07, 6.45) is 2.62. The molecule has 3 rings (SSSR count). The van der Waals surface area contributed by atoms with Crippen LogP contribution in [-0.4, -0.2) is 37.0 Å². The van der Waals surface area contributed by atoms with Crippen molar-refractivity contribution in [2.24, 2.45) is 5.92 Å². The van der Waals surface area contributed by atoms with Crippen molar-refractivity contribution < 1.29 is 9.53 Å². The van der Waals surface area contributed by atoms with Crippen molar-refractivity contribution >= 4 is 11.6 Å². The molecule has 0 atom stereocenters. The van der Waals surface area contributed by atoms with Crippen LogP contribution in [0.3, 0.4) is 0 Å². The number of likely N-dealkylation sites (tertiary alicyclic amines) is 1. The predicted octanol–water partition coefficient (Wildman–Crippen LogP) is 4.74. The van der Waals surface area contributed by atoms with Gasteiger partial charge in [-0.15, -0.1) is 0 Å². The molecule has 0 unspecified atom stereocenters.